The van der Waals surface area contributed by atoms with E-state index in [0.29, 0.717) is 15.7 Å². The number of para-hydroxylation sites is 1. The van der Waals surface area contributed by atoms with Crippen molar-refractivity contribution < 1.29 is 14.4 Å². The third-order valence-electron chi connectivity index (χ3n) is 2.76. The third-order valence-corrected chi connectivity index (χ3v) is 4.58. The summed E-state index contributed by atoms with van der Waals surface area (Å²) in [5, 5.41) is 3.59. The molecule has 3 N–H and O–H groups in total. The van der Waals surface area contributed by atoms with Gasteiger partial charge in [-0.05, 0) is 30.7 Å². The van der Waals surface area contributed by atoms with Crippen LogP contribution in [0.2, 0.25) is 10.0 Å². The van der Waals surface area contributed by atoms with Crippen LogP contribution in [0.3, 0.4) is 0 Å². The zero-order valence-corrected chi connectivity index (χ0v) is 12.9. The van der Waals surface area contributed by atoms with E-state index in [-0.39, 0.29) is 11.0 Å². The Morgan fingerprint density at radius 3 is 2.40 bits per heavy atom. The smallest absolute Gasteiger partial charge is 0.352 e. The van der Waals surface area contributed by atoms with Crippen LogP contribution in [0.25, 0.3) is 0 Å². The van der Waals surface area contributed by atoms with Gasteiger partial charge in [0.1, 0.15) is 0 Å². The van der Waals surface area contributed by atoms with E-state index in [1.807, 2.05) is 6.92 Å². The fourth-order valence-corrected chi connectivity index (χ4v) is 2.93. The summed E-state index contributed by atoms with van der Waals surface area (Å²) in [6, 6.07) is 9.58. The van der Waals surface area contributed by atoms with Gasteiger partial charge in [-0.25, -0.2) is 0 Å². The van der Waals surface area contributed by atoms with Crippen molar-refractivity contribution in [3.05, 3.63) is 52.0 Å². The molecule has 106 valence electrons. The van der Waals surface area contributed by atoms with Crippen molar-refractivity contribution in [3.8, 4) is 0 Å². The van der Waals surface area contributed by atoms with E-state index in [9.17, 15) is 14.4 Å². The molecular formula is C13H12Cl2NO3P. The molecule has 2 aromatic rings. The van der Waals surface area contributed by atoms with E-state index in [1.54, 1.807) is 30.3 Å². The van der Waals surface area contributed by atoms with Gasteiger partial charge in [0, 0.05) is 0 Å². The molecule has 20 heavy (non-hydrogen) atoms. The Kier molecular flexibility index (Phi) is 4.43. The molecule has 7 heteroatoms. The lowest BCUT2D eigenvalue weighted by molar-refractivity contribution is 0.387. The Morgan fingerprint density at radius 2 is 1.75 bits per heavy atom. The normalized spacial score (nSPS) is 11.4. The van der Waals surface area contributed by atoms with Crippen LogP contribution in [0, 0.1) is 6.92 Å². The number of nitrogens with one attached hydrogen (secondary N) is 1. The van der Waals surface area contributed by atoms with Crippen LogP contribution in [0.5, 0.6) is 0 Å². The lowest BCUT2D eigenvalue weighted by Gasteiger charge is -2.15. The molecule has 0 spiro atoms. The van der Waals surface area contributed by atoms with Crippen molar-refractivity contribution in [1.29, 1.82) is 0 Å². The van der Waals surface area contributed by atoms with E-state index >= 15 is 0 Å². The fourth-order valence-electron chi connectivity index (χ4n) is 1.74. The van der Waals surface area contributed by atoms with E-state index in [1.165, 1.54) is 6.07 Å². The van der Waals surface area contributed by atoms with Crippen LogP contribution in [0.4, 0.5) is 11.4 Å². The maximum Gasteiger partial charge on any atom is 0.358 e. The van der Waals surface area contributed by atoms with Gasteiger partial charge in [-0.1, -0.05) is 41.4 Å². The first-order valence-electron chi connectivity index (χ1n) is 5.67. The molecule has 0 bridgehead atoms. The molecule has 0 atom stereocenters. The third kappa shape index (κ3) is 3.17. The number of hydrogen-bond donors (Lipinski definition) is 3. The fraction of sp³-hybridized carbons (Fsp3) is 0.0769. The zero-order valence-electron chi connectivity index (χ0n) is 10.5. The minimum atomic E-state index is -4.38. The maximum atomic E-state index is 11.5. The first kappa shape index (κ1) is 15.4. The number of aryl methyl sites for hydroxylation is 1. The van der Waals surface area contributed by atoms with Gasteiger partial charge in [0.2, 0.25) is 0 Å². The number of halogens is 2. The average molecular weight is 332 g/mol. The maximum absolute atomic E-state index is 11.5. The minimum absolute atomic E-state index is 0.103. The second kappa shape index (κ2) is 5.76. The summed E-state index contributed by atoms with van der Waals surface area (Å²) < 4.78 is 11.5. The average Bonchev–Trinajstić information content (AvgIpc) is 2.38. The zero-order chi connectivity index (χ0) is 14.9. The molecule has 0 heterocycles. The molecule has 0 aromatic heterocycles. The quantitative estimate of drug-likeness (QED) is 0.747. The van der Waals surface area contributed by atoms with Crippen molar-refractivity contribution >= 4 is 47.5 Å². The van der Waals surface area contributed by atoms with Gasteiger partial charge >= 0.3 is 7.60 Å². The van der Waals surface area contributed by atoms with Crippen molar-refractivity contribution in [1.82, 2.24) is 0 Å². The highest BCUT2D eigenvalue weighted by Gasteiger charge is 2.22. The second-order valence-electron chi connectivity index (χ2n) is 4.24. The summed E-state index contributed by atoms with van der Waals surface area (Å²) in [6.45, 7) is 1.82. The Balaban J connectivity index is 2.52. The molecule has 0 saturated carbocycles. The first-order valence-corrected chi connectivity index (χ1v) is 8.04. The van der Waals surface area contributed by atoms with Crippen molar-refractivity contribution in [2.45, 2.75) is 6.92 Å². The van der Waals surface area contributed by atoms with Crippen LogP contribution < -0.4 is 10.6 Å². The molecular weight excluding hydrogens is 320 g/mol. The number of anilines is 2. The van der Waals surface area contributed by atoms with Gasteiger partial charge < -0.3 is 15.1 Å². The topological polar surface area (TPSA) is 69.6 Å². The van der Waals surface area contributed by atoms with E-state index in [2.05, 4.69) is 5.32 Å². The summed E-state index contributed by atoms with van der Waals surface area (Å²) in [7, 11) is -4.38. The molecule has 2 aromatic carbocycles. The van der Waals surface area contributed by atoms with Crippen LogP contribution in [0.1, 0.15) is 5.56 Å². The van der Waals surface area contributed by atoms with Crippen LogP contribution in [-0.2, 0) is 4.57 Å². The molecule has 0 saturated heterocycles. The molecule has 0 radical (unpaired) electrons. The highest BCUT2D eigenvalue weighted by Crippen LogP contribution is 2.39. The van der Waals surface area contributed by atoms with Crippen LogP contribution >= 0.6 is 30.8 Å². The highest BCUT2D eigenvalue weighted by atomic mass is 35.5. The Bertz CT molecular complexity index is 700. The molecule has 2 rings (SSSR count). The van der Waals surface area contributed by atoms with E-state index < -0.39 is 7.60 Å². The summed E-state index contributed by atoms with van der Waals surface area (Å²) in [4.78, 5) is 18.7. The summed E-state index contributed by atoms with van der Waals surface area (Å²) in [5.41, 5.74) is 1.51. The van der Waals surface area contributed by atoms with Crippen LogP contribution in [-0.4, -0.2) is 9.79 Å². The highest BCUT2D eigenvalue weighted by molar-refractivity contribution is 7.60. The van der Waals surface area contributed by atoms with Gasteiger partial charge in [-0.2, -0.15) is 0 Å². The molecule has 0 aliphatic carbocycles. The lowest BCUT2D eigenvalue weighted by atomic mass is 10.2. The van der Waals surface area contributed by atoms with Gasteiger partial charge in [0.05, 0.1) is 26.7 Å². The van der Waals surface area contributed by atoms with Crippen molar-refractivity contribution in [3.63, 3.8) is 0 Å². The SMILES string of the molecule is Cc1ccc(Cl)c(Nc2ccccc2P(=O)(O)O)c1Cl. The number of benzene rings is 2. The Labute approximate surface area is 126 Å². The van der Waals surface area contributed by atoms with E-state index in [0.717, 1.165) is 5.56 Å². The van der Waals surface area contributed by atoms with Crippen molar-refractivity contribution in [2.75, 3.05) is 5.32 Å². The molecule has 0 fully saturated rings. The van der Waals surface area contributed by atoms with Crippen LogP contribution in [0.15, 0.2) is 36.4 Å². The Morgan fingerprint density at radius 1 is 1.10 bits per heavy atom. The van der Waals surface area contributed by atoms with Gasteiger partial charge in [-0.3, -0.25) is 4.57 Å². The van der Waals surface area contributed by atoms with Gasteiger partial charge in [0.25, 0.3) is 0 Å². The predicted molar refractivity (Wildman–Crippen MR) is 82.6 cm³/mol. The lowest BCUT2D eigenvalue weighted by Crippen LogP contribution is -2.10. The summed E-state index contributed by atoms with van der Waals surface area (Å²) in [5.74, 6) is 0. The van der Waals surface area contributed by atoms with Crippen molar-refractivity contribution in [2.24, 2.45) is 0 Å². The Hall–Kier alpha value is -1.03. The van der Waals surface area contributed by atoms with Gasteiger partial charge in [0.15, 0.2) is 0 Å². The molecule has 0 aliphatic rings. The molecule has 0 amide bonds. The predicted octanol–water partition coefficient (Wildman–Crippen LogP) is 3.85. The monoisotopic (exact) mass is 331 g/mol. The summed E-state index contributed by atoms with van der Waals surface area (Å²) in [6.07, 6.45) is 0. The first-order chi connectivity index (χ1) is 9.30. The molecule has 0 unspecified atom stereocenters. The van der Waals surface area contributed by atoms with Gasteiger partial charge in [-0.15, -0.1) is 0 Å². The molecule has 4 nitrogen and oxygen atoms in total. The van der Waals surface area contributed by atoms with E-state index in [4.69, 9.17) is 23.2 Å². The second-order valence-corrected chi connectivity index (χ2v) is 6.59. The minimum Gasteiger partial charge on any atom is -0.352 e. The number of hydrogen-bond acceptors (Lipinski definition) is 2. The standard InChI is InChI=1S/C13H12Cl2NO3P/c1-8-6-7-9(14)13(12(8)15)16-10-4-2-3-5-11(10)20(17,18)19/h2-7,16H,1H3,(H2,17,18,19). The number of rotatable bonds is 3. The largest absolute Gasteiger partial charge is 0.358 e. The summed E-state index contributed by atoms with van der Waals surface area (Å²) >= 11 is 12.3. The molecule has 0 aliphatic heterocycles.